The minimum atomic E-state index is -0.322. The van der Waals surface area contributed by atoms with Gasteiger partial charge in [-0.2, -0.15) is 5.10 Å². The highest BCUT2D eigenvalue weighted by molar-refractivity contribution is 5.95. The Bertz CT molecular complexity index is 777. The van der Waals surface area contributed by atoms with Gasteiger partial charge in [0.1, 0.15) is 5.75 Å². The van der Waals surface area contributed by atoms with Gasteiger partial charge in [0.15, 0.2) is 0 Å². The van der Waals surface area contributed by atoms with E-state index in [-0.39, 0.29) is 11.7 Å². The van der Waals surface area contributed by atoms with Crippen LogP contribution in [-0.2, 0) is 0 Å². The Morgan fingerprint density at radius 2 is 1.88 bits per heavy atom. The van der Waals surface area contributed by atoms with E-state index in [2.05, 4.69) is 22.4 Å². The average Bonchev–Trinajstić information content (AvgIpc) is 2.61. The molecule has 0 unspecified atom stereocenters. The number of carbonyl (C=O) groups is 1. The Morgan fingerprint density at radius 1 is 1.17 bits per heavy atom. The molecule has 0 saturated heterocycles. The summed E-state index contributed by atoms with van der Waals surface area (Å²) in [5, 5.41) is 16.4. The fourth-order valence-electron chi connectivity index (χ4n) is 1.85. The van der Waals surface area contributed by atoms with Crippen LogP contribution < -0.4 is 10.7 Å². The molecule has 5 nitrogen and oxygen atoms in total. The zero-order chi connectivity index (χ0) is 17.4. The number of rotatable bonds is 6. The third kappa shape index (κ3) is 4.84. The van der Waals surface area contributed by atoms with Gasteiger partial charge in [0.05, 0.1) is 6.21 Å². The molecule has 0 saturated carbocycles. The molecule has 0 heterocycles. The Morgan fingerprint density at radius 3 is 2.54 bits per heavy atom. The van der Waals surface area contributed by atoms with Crippen molar-refractivity contribution < 1.29 is 9.90 Å². The first-order valence-electron chi connectivity index (χ1n) is 7.36. The van der Waals surface area contributed by atoms with Crippen LogP contribution in [0.25, 0.3) is 6.08 Å². The van der Waals surface area contributed by atoms with E-state index >= 15 is 0 Å². The minimum absolute atomic E-state index is 0.106. The highest BCUT2D eigenvalue weighted by atomic mass is 16.3. The maximum Gasteiger partial charge on any atom is 0.271 e. The molecule has 0 aliphatic rings. The number of nitrogens with zero attached hydrogens (tertiary/aromatic N) is 1. The normalized spacial score (nSPS) is 10.9. The summed E-state index contributed by atoms with van der Waals surface area (Å²) in [6.45, 7) is 3.80. The molecular weight excluding hydrogens is 302 g/mol. The fraction of sp³-hybridized carbons (Fsp3) is 0.0526. The summed E-state index contributed by atoms with van der Waals surface area (Å²) < 4.78 is 0. The van der Waals surface area contributed by atoms with Crippen LogP contribution in [0.1, 0.15) is 21.5 Å². The molecule has 0 spiro atoms. The van der Waals surface area contributed by atoms with Crippen LogP contribution in [0.5, 0.6) is 5.75 Å². The van der Waals surface area contributed by atoms with Crippen molar-refractivity contribution in [2.45, 2.75) is 0 Å². The minimum Gasteiger partial charge on any atom is -0.507 e. The molecule has 0 radical (unpaired) electrons. The summed E-state index contributed by atoms with van der Waals surface area (Å²) in [5.74, 6) is -0.216. The van der Waals surface area contributed by atoms with Crippen LogP contribution in [-0.4, -0.2) is 24.3 Å². The third-order valence-electron chi connectivity index (χ3n) is 3.28. The van der Waals surface area contributed by atoms with Crippen LogP contribution in [0.2, 0.25) is 0 Å². The van der Waals surface area contributed by atoms with Gasteiger partial charge in [-0.25, -0.2) is 5.43 Å². The van der Waals surface area contributed by atoms with Gasteiger partial charge in [-0.15, -0.1) is 0 Å². The monoisotopic (exact) mass is 321 g/mol. The Labute approximate surface area is 141 Å². The number of para-hydroxylation sites is 1. The van der Waals surface area contributed by atoms with Crippen LogP contribution in [0.15, 0.2) is 72.0 Å². The summed E-state index contributed by atoms with van der Waals surface area (Å²) >= 11 is 0. The number of phenolic OH excluding ortho intramolecular Hbond substituents is 1. The topological polar surface area (TPSA) is 73.7 Å². The number of likely N-dealkylation sites (N-methyl/N-ethyl adjacent to an activating group) is 1. The molecule has 3 N–H and O–H groups in total. The molecule has 2 rings (SSSR count). The number of carbonyl (C=O) groups excluding carboxylic acids is 1. The predicted octanol–water partition coefficient (Wildman–Crippen LogP) is 2.90. The molecule has 122 valence electrons. The van der Waals surface area contributed by atoms with Gasteiger partial charge in [-0.05, 0) is 35.9 Å². The van der Waals surface area contributed by atoms with Gasteiger partial charge in [0, 0.05) is 23.9 Å². The van der Waals surface area contributed by atoms with Crippen molar-refractivity contribution in [3.8, 4) is 5.75 Å². The van der Waals surface area contributed by atoms with E-state index in [1.807, 2.05) is 24.3 Å². The van der Waals surface area contributed by atoms with Crippen LogP contribution in [0, 0.1) is 0 Å². The average molecular weight is 321 g/mol. The lowest BCUT2D eigenvalue weighted by molar-refractivity contribution is 0.0955. The van der Waals surface area contributed by atoms with Gasteiger partial charge < -0.3 is 10.4 Å². The van der Waals surface area contributed by atoms with Gasteiger partial charge in [0.25, 0.3) is 5.91 Å². The van der Waals surface area contributed by atoms with E-state index in [9.17, 15) is 9.90 Å². The molecule has 2 aromatic rings. The third-order valence-corrected chi connectivity index (χ3v) is 3.28. The summed E-state index contributed by atoms with van der Waals surface area (Å²) in [4.78, 5) is 12.0. The number of benzene rings is 2. The second kappa shape index (κ2) is 8.33. The summed E-state index contributed by atoms with van der Waals surface area (Å²) in [5.41, 5.74) is 5.22. The molecule has 5 heteroatoms. The van der Waals surface area contributed by atoms with Crippen molar-refractivity contribution in [1.29, 1.82) is 0 Å². The van der Waals surface area contributed by atoms with E-state index in [0.717, 1.165) is 11.3 Å². The predicted molar refractivity (Wildman–Crippen MR) is 96.8 cm³/mol. The number of phenols is 1. The van der Waals surface area contributed by atoms with Crippen molar-refractivity contribution in [2.24, 2.45) is 5.10 Å². The maximum atomic E-state index is 12.0. The Hall–Kier alpha value is -3.34. The number of nitrogens with one attached hydrogen (secondary N) is 2. The molecule has 0 bridgehead atoms. The van der Waals surface area contributed by atoms with E-state index < -0.39 is 0 Å². The van der Waals surface area contributed by atoms with Crippen molar-refractivity contribution in [3.63, 3.8) is 0 Å². The summed E-state index contributed by atoms with van der Waals surface area (Å²) in [7, 11) is 1.80. The summed E-state index contributed by atoms with van der Waals surface area (Å²) in [6.07, 6.45) is 5.15. The number of hydrogen-bond donors (Lipinski definition) is 3. The Balaban J connectivity index is 1.96. The quantitative estimate of drug-likeness (QED) is 0.435. The van der Waals surface area contributed by atoms with Gasteiger partial charge in [0.2, 0.25) is 0 Å². The van der Waals surface area contributed by atoms with Crippen molar-refractivity contribution in [1.82, 2.24) is 10.7 Å². The molecule has 0 fully saturated rings. The molecule has 0 aliphatic carbocycles. The molecule has 1 amide bonds. The van der Waals surface area contributed by atoms with Crippen molar-refractivity contribution in [3.05, 3.63) is 83.6 Å². The lowest BCUT2D eigenvalue weighted by atomic mass is 10.1. The largest absolute Gasteiger partial charge is 0.507 e. The van der Waals surface area contributed by atoms with Crippen molar-refractivity contribution >= 4 is 18.2 Å². The molecule has 0 aliphatic heterocycles. The summed E-state index contributed by atoms with van der Waals surface area (Å²) in [6, 6.07) is 13.8. The van der Waals surface area contributed by atoms with Crippen LogP contribution >= 0.6 is 0 Å². The second-order valence-electron chi connectivity index (χ2n) is 4.99. The molecule has 24 heavy (non-hydrogen) atoms. The van der Waals surface area contributed by atoms with Gasteiger partial charge in [-0.1, -0.05) is 36.9 Å². The van der Waals surface area contributed by atoms with E-state index in [4.69, 9.17) is 0 Å². The van der Waals surface area contributed by atoms with Gasteiger partial charge >= 0.3 is 0 Å². The first-order chi connectivity index (χ1) is 11.6. The first kappa shape index (κ1) is 17.0. The fourth-order valence-corrected chi connectivity index (χ4v) is 1.85. The number of allylic oxidation sites excluding steroid dienone is 1. The highest BCUT2D eigenvalue weighted by Gasteiger charge is 2.03. The smallest absolute Gasteiger partial charge is 0.271 e. The zero-order valence-corrected chi connectivity index (χ0v) is 13.4. The molecule has 2 aromatic carbocycles. The second-order valence-corrected chi connectivity index (χ2v) is 4.99. The lowest BCUT2D eigenvalue weighted by Gasteiger charge is -2.02. The molecule has 0 atom stereocenters. The Kier molecular flexibility index (Phi) is 5.91. The van der Waals surface area contributed by atoms with E-state index in [1.54, 1.807) is 43.4 Å². The van der Waals surface area contributed by atoms with Gasteiger partial charge in [-0.3, -0.25) is 4.79 Å². The number of hydrogen-bond acceptors (Lipinski definition) is 4. The molecular formula is C19H19N3O2. The highest BCUT2D eigenvalue weighted by Crippen LogP contribution is 2.12. The molecule has 0 aromatic heterocycles. The lowest BCUT2D eigenvalue weighted by Crippen LogP contribution is -2.17. The number of hydrazone groups is 1. The van der Waals surface area contributed by atoms with E-state index in [0.29, 0.717) is 11.1 Å². The SMILES string of the molecule is C=C(/C=C/c1ccc(C(=O)N/N=C/c2ccccc2O)cc1)NC. The standard InChI is InChI=1S/C19H19N3O2/c1-14(20-2)7-8-15-9-11-16(12-10-15)19(24)22-21-13-17-5-3-4-6-18(17)23/h3-13,20,23H,1H2,2H3,(H,22,24)/b8-7+,21-13+. The zero-order valence-electron chi connectivity index (χ0n) is 13.4. The first-order valence-corrected chi connectivity index (χ1v) is 7.36. The maximum absolute atomic E-state index is 12.0. The van der Waals surface area contributed by atoms with Crippen molar-refractivity contribution in [2.75, 3.05) is 7.05 Å². The van der Waals surface area contributed by atoms with E-state index in [1.165, 1.54) is 6.21 Å². The van der Waals surface area contributed by atoms with Crippen LogP contribution in [0.4, 0.5) is 0 Å². The number of aromatic hydroxyl groups is 1. The van der Waals surface area contributed by atoms with Crippen LogP contribution in [0.3, 0.4) is 0 Å². The number of amides is 1.